The maximum Gasteiger partial charge on any atom is 0.241 e. The van der Waals surface area contributed by atoms with Crippen molar-refractivity contribution in [2.24, 2.45) is 5.84 Å². The third-order valence-electron chi connectivity index (χ3n) is 2.09. The Morgan fingerprint density at radius 3 is 2.67 bits per heavy atom. The summed E-state index contributed by atoms with van der Waals surface area (Å²) in [5.41, 5.74) is 1.96. The smallest absolute Gasteiger partial charge is 0.241 e. The van der Waals surface area contributed by atoms with Gasteiger partial charge in [-0.1, -0.05) is 35.5 Å². The first kappa shape index (κ1) is 9.73. The lowest BCUT2D eigenvalue weighted by atomic mass is 10.2. The highest BCUT2D eigenvalue weighted by molar-refractivity contribution is 5.34. The molecule has 0 aliphatic carbocycles. The second-order valence-electron chi connectivity index (χ2n) is 3.42. The van der Waals surface area contributed by atoms with Gasteiger partial charge >= 0.3 is 0 Å². The number of benzene rings is 1. The highest BCUT2D eigenvalue weighted by Gasteiger charge is 2.07. The molecule has 2 N–H and O–H groups in total. The largest absolute Gasteiger partial charge is 0.337 e. The van der Waals surface area contributed by atoms with E-state index in [-0.39, 0.29) is 0 Å². The summed E-state index contributed by atoms with van der Waals surface area (Å²) < 4.78 is 5.05. The molecule has 0 spiro atoms. The summed E-state index contributed by atoms with van der Waals surface area (Å²) in [5.74, 6) is 6.42. The Balaban J connectivity index is 2.07. The van der Waals surface area contributed by atoms with Crippen LogP contribution in [0.4, 0.5) is 5.88 Å². The van der Waals surface area contributed by atoms with Crippen LogP contribution in [0, 0.1) is 6.92 Å². The van der Waals surface area contributed by atoms with Gasteiger partial charge in [-0.3, -0.25) is 5.01 Å². The molecule has 0 aliphatic heterocycles. The molecule has 0 amide bonds. The van der Waals surface area contributed by atoms with Crippen LogP contribution >= 0.6 is 0 Å². The van der Waals surface area contributed by atoms with E-state index in [0.717, 1.165) is 11.3 Å². The third kappa shape index (κ3) is 2.35. The predicted octanol–water partition coefficient (Wildman–Crippen LogP) is 1.86. The van der Waals surface area contributed by atoms with Crippen molar-refractivity contribution in [3.63, 3.8) is 0 Å². The molecule has 0 saturated heterocycles. The summed E-state index contributed by atoms with van der Waals surface area (Å²) in [6, 6.07) is 11.8. The van der Waals surface area contributed by atoms with Crippen molar-refractivity contribution in [1.29, 1.82) is 0 Å². The Morgan fingerprint density at radius 2 is 2.07 bits per heavy atom. The standard InChI is InChI=1S/C11H13N3O/c1-9-7-11(15-13-9)14(12)8-10-5-3-2-4-6-10/h2-7H,8,12H2,1H3. The number of aryl methyl sites for hydroxylation is 1. The van der Waals surface area contributed by atoms with E-state index in [4.69, 9.17) is 10.4 Å². The Bertz CT molecular complexity index is 424. The number of hydrogen-bond donors (Lipinski definition) is 1. The molecule has 4 nitrogen and oxygen atoms in total. The second kappa shape index (κ2) is 4.14. The molecule has 2 rings (SSSR count). The fourth-order valence-corrected chi connectivity index (χ4v) is 1.34. The van der Waals surface area contributed by atoms with Crippen molar-refractivity contribution in [2.45, 2.75) is 13.5 Å². The van der Waals surface area contributed by atoms with Crippen LogP contribution in [-0.4, -0.2) is 5.16 Å². The molecule has 4 heteroatoms. The van der Waals surface area contributed by atoms with Gasteiger partial charge in [0, 0.05) is 6.07 Å². The van der Waals surface area contributed by atoms with E-state index in [1.165, 1.54) is 5.01 Å². The van der Waals surface area contributed by atoms with Gasteiger partial charge in [0.25, 0.3) is 0 Å². The molecular formula is C11H13N3O. The number of nitrogens with zero attached hydrogens (tertiary/aromatic N) is 2. The first-order chi connectivity index (χ1) is 7.25. The van der Waals surface area contributed by atoms with E-state index >= 15 is 0 Å². The second-order valence-corrected chi connectivity index (χ2v) is 3.42. The van der Waals surface area contributed by atoms with Crippen molar-refractivity contribution in [1.82, 2.24) is 5.16 Å². The van der Waals surface area contributed by atoms with Gasteiger partial charge in [0.15, 0.2) is 0 Å². The van der Waals surface area contributed by atoms with Gasteiger partial charge in [-0.05, 0) is 12.5 Å². The molecule has 1 aromatic carbocycles. The Hall–Kier alpha value is -1.81. The van der Waals surface area contributed by atoms with Crippen LogP contribution in [0.1, 0.15) is 11.3 Å². The van der Waals surface area contributed by atoms with Gasteiger partial charge in [0.05, 0.1) is 12.2 Å². The highest BCUT2D eigenvalue weighted by Crippen LogP contribution is 2.14. The van der Waals surface area contributed by atoms with Gasteiger partial charge in [-0.15, -0.1) is 0 Å². The Labute approximate surface area is 88.3 Å². The third-order valence-corrected chi connectivity index (χ3v) is 2.09. The van der Waals surface area contributed by atoms with E-state index in [9.17, 15) is 0 Å². The fourth-order valence-electron chi connectivity index (χ4n) is 1.34. The maximum absolute atomic E-state index is 5.84. The highest BCUT2D eigenvalue weighted by atomic mass is 16.5. The van der Waals surface area contributed by atoms with Gasteiger partial charge < -0.3 is 4.52 Å². The molecular weight excluding hydrogens is 190 g/mol. The number of rotatable bonds is 3. The van der Waals surface area contributed by atoms with Crippen molar-refractivity contribution in [3.8, 4) is 0 Å². The SMILES string of the molecule is Cc1cc(N(N)Cc2ccccc2)on1. The predicted molar refractivity (Wildman–Crippen MR) is 58.1 cm³/mol. The summed E-state index contributed by atoms with van der Waals surface area (Å²) in [4.78, 5) is 0. The number of anilines is 1. The Kier molecular flexibility index (Phi) is 2.69. The first-order valence-electron chi connectivity index (χ1n) is 4.75. The first-order valence-corrected chi connectivity index (χ1v) is 4.75. The number of nitrogens with two attached hydrogens (primary N) is 1. The van der Waals surface area contributed by atoms with Crippen LogP contribution in [0.5, 0.6) is 0 Å². The summed E-state index contributed by atoms with van der Waals surface area (Å²) >= 11 is 0. The lowest BCUT2D eigenvalue weighted by Crippen LogP contribution is -2.29. The summed E-state index contributed by atoms with van der Waals surface area (Å²) in [7, 11) is 0. The van der Waals surface area contributed by atoms with Gasteiger partial charge in [0.1, 0.15) is 0 Å². The molecule has 1 aromatic heterocycles. The summed E-state index contributed by atoms with van der Waals surface area (Å²) in [6.07, 6.45) is 0. The average Bonchev–Trinajstić information content (AvgIpc) is 2.66. The van der Waals surface area contributed by atoms with E-state index in [1.54, 1.807) is 0 Å². The minimum atomic E-state index is 0.580. The quantitative estimate of drug-likeness (QED) is 0.611. The lowest BCUT2D eigenvalue weighted by Gasteiger charge is -2.13. The van der Waals surface area contributed by atoms with Crippen molar-refractivity contribution in [2.75, 3.05) is 5.01 Å². The number of aromatic nitrogens is 1. The molecule has 0 radical (unpaired) electrons. The molecule has 0 saturated carbocycles. The number of hydrazine groups is 1. The topological polar surface area (TPSA) is 55.3 Å². The average molecular weight is 203 g/mol. The molecule has 0 fully saturated rings. The monoisotopic (exact) mass is 203 g/mol. The molecule has 0 bridgehead atoms. The van der Waals surface area contributed by atoms with Gasteiger partial charge in [0.2, 0.25) is 5.88 Å². The zero-order valence-electron chi connectivity index (χ0n) is 8.55. The van der Waals surface area contributed by atoms with Crippen molar-refractivity contribution < 1.29 is 4.52 Å². The summed E-state index contributed by atoms with van der Waals surface area (Å²) in [6.45, 7) is 2.47. The van der Waals surface area contributed by atoms with E-state index < -0.39 is 0 Å². The molecule has 0 atom stereocenters. The maximum atomic E-state index is 5.84. The molecule has 78 valence electrons. The number of hydrogen-bond acceptors (Lipinski definition) is 4. The van der Waals surface area contributed by atoms with Crippen LogP contribution in [0.2, 0.25) is 0 Å². The molecule has 0 unspecified atom stereocenters. The molecule has 0 aliphatic rings. The van der Waals surface area contributed by atoms with E-state index in [2.05, 4.69) is 5.16 Å². The van der Waals surface area contributed by atoms with Crippen LogP contribution in [-0.2, 0) is 6.54 Å². The van der Waals surface area contributed by atoms with E-state index in [0.29, 0.717) is 12.4 Å². The fraction of sp³-hybridized carbons (Fsp3) is 0.182. The lowest BCUT2D eigenvalue weighted by molar-refractivity contribution is 0.411. The molecule has 15 heavy (non-hydrogen) atoms. The van der Waals surface area contributed by atoms with E-state index in [1.807, 2.05) is 43.3 Å². The zero-order valence-corrected chi connectivity index (χ0v) is 8.55. The molecule has 1 heterocycles. The van der Waals surface area contributed by atoms with Crippen LogP contribution in [0.25, 0.3) is 0 Å². The van der Waals surface area contributed by atoms with Crippen LogP contribution < -0.4 is 10.9 Å². The zero-order chi connectivity index (χ0) is 10.7. The van der Waals surface area contributed by atoms with Crippen molar-refractivity contribution in [3.05, 3.63) is 47.7 Å². The van der Waals surface area contributed by atoms with Crippen LogP contribution in [0.3, 0.4) is 0 Å². The van der Waals surface area contributed by atoms with Gasteiger partial charge in [-0.25, -0.2) is 5.84 Å². The van der Waals surface area contributed by atoms with Gasteiger partial charge in [-0.2, -0.15) is 0 Å². The minimum absolute atomic E-state index is 0.580. The molecule has 2 aromatic rings. The minimum Gasteiger partial charge on any atom is -0.337 e. The van der Waals surface area contributed by atoms with Crippen molar-refractivity contribution >= 4 is 5.88 Å². The Morgan fingerprint density at radius 1 is 1.33 bits per heavy atom. The normalized spacial score (nSPS) is 10.3. The van der Waals surface area contributed by atoms with Crippen LogP contribution in [0.15, 0.2) is 40.9 Å². The summed E-state index contributed by atoms with van der Waals surface area (Å²) in [5, 5.41) is 5.32.